The van der Waals surface area contributed by atoms with Gasteiger partial charge in [-0.2, -0.15) is 0 Å². The van der Waals surface area contributed by atoms with Gasteiger partial charge in [0.1, 0.15) is 0 Å². The van der Waals surface area contributed by atoms with Crippen LogP contribution in [0.1, 0.15) is 98.2 Å². The summed E-state index contributed by atoms with van der Waals surface area (Å²) in [5.41, 5.74) is 17.3. The summed E-state index contributed by atoms with van der Waals surface area (Å²) in [6.07, 6.45) is 0. The van der Waals surface area contributed by atoms with Crippen molar-refractivity contribution in [3.05, 3.63) is 136 Å². The van der Waals surface area contributed by atoms with E-state index in [-0.39, 0.29) is 6.71 Å². The second-order valence-electron chi connectivity index (χ2n) is 14.0. The highest BCUT2D eigenvalue weighted by atomic mass is 32.2. The van der Waals surface area contributed by atoms with Crippen molar-refractivity contribution < 1.29 is 0 Å². The maximum atomic E-state index is 2.53. The van der Waals surface area contributed by atoms with Crippen molar-refractivity contribution in [1.29, 1.82) is 0 Å². The van der Waals surface area contributed by atoms with Gasteiger partial charge in [-0.05, 0) is 93.8 Å². The Bertz CT molecular complexity index is 1710. The van der Waals surface area contributed by atoms with Crippen molar-refractivity contribution in [3.63, 3.8) is 0 Å². The van der Waals surface area contributed by atoms with E-state index in [4.69, 9.17) is 0 Å². The Morgan fingerprint density at radius 3 is 1.30 bits per heavy atom. The first-order valence-electron chi connectivity index (χ1n) is 16.9. The van der Waals surface area contributed by atoms with E-state index < -0.39 is 0 Å². The van der Waals surface area contributed by atoms with Crippen LogP contribution in [-0.4, -0.2) is 6.71 Å². The lowest BCUT2D eigenvalue weighted by Gasteiger charge is -2.27. The van der Waals surface area contributed by atoms with Gasteiger partial charge in [-0.1, -0.05) is 143 Å². The molecule has 234 valence electrons. The summed E-state index contributed by atoms with van der Waals surface area (Å²) in [4.78, 5) is 2.77. The fourth-order valence-electron chi connectivity index (χ4n) is 6.97. The van der Waals surface area contributed by atoms with Gasteiger partial charge < -0.3 is 0 Å². The molecule has 0 amide bonds. The lowest BCUT2D eigenvalue weighted by Crippen LogP contribution is -2.52. The highest BCUT2D eigenvalue weighted by molar-refractivity contribution is 7.98. The zero-order valence-corrected chi connectivity index (χ0v) is 30.4. The van der Waals surface area contributed by atoms with Gasteiger partial charge in [-0.15, -0.1) is 23.5 Å². The third-order valence-electron chi connectivity index (χ3n) is 9.55. The predicted molar refractivity (Wildman–Crippen MR) is 207 cm³/mol. The molecule has 0 bridgehead atoms. The zero-order chi connectivity index (χ0) is 32.5. The normalized spacial score (nSPS) is 12.4. The molecule has 5 aromatic rings. The number of hydrogen-bond acceptors (Lipinski definition) is 2. The molecule has 0 nitrogen and oxygen atoms in total. The van der Waals surface area contributed by atoms with Crippen LogP contribution in [0.5, 0.6) is 0 Å². The van der Waals surface area contributed by atoms with Gasteiger partial charge in [0, 0.05) is 21.3 Å². The molecule has 0 saturated carbocycles. The third-order valence-corrected chi connectivity index (χ3v) is 12.0. The molecule has 1 aliphatic rings. The first kappa shape index (κ1) is 32.8. The molecule has 46 heavy (non-hydrogen) atoms. The third kappa shape index (κ3) is 6.64. The number of fused-ring (bicyclic) bond motifs is 3. The average molecular weight is 639 g/mol. The molecule has 0 aliphatic carbocycles. The molecule has 3 heteroatoms. The molecular formula is C43H47BS2. The summed E-state index contributed by atoms with van der Waals surface area (Å²) in [6.45, 7) is 19.1. The Hall–Kier alpha value is -3.14. The summed E-state index contributed by atoms with van der Waals surface area (Å²) >= 11 is 3.94. The van der Waals surface area contributed by atoms with E-state index in [1.165, 1.54) is 70.8 Å². The molecule has 5 aromatic carbocycles. The average Bonchev–Trinajstić information content (AvgIpc) is 3.33. The maximum absolute atomic E-state index is 2.53. The van der Waals surface area contributed by atoms with E-state index in [9.17, 15) is 0 Å². The number of aryl methyl sites for hydroxylation is 2. The largest absolute Gasteiger partial charge is 0.243 e. The minimum atomic E-state index is 0.236. The minimum Gasteiger partial charge on any atom is -0.121 e. The van der Waals surface area contributed by atoms with Crippen LogP contribution in [0.4, 0.5) is 0 Å². The quantitative estimate of drug-likeness (QED) is 0.108. The van der Waals surface area contributed by atoms with Crippen LogP contribution in [0.2, 0.25) is 0 Å². The highest BCUT2D eigenvalue weighted by Gasteiger charge is 2.38. The van der Waals surface area contributed by atoms with Crippen LogP contribution < -0.4 is 16.4 Å². The Balaban J connectivity index is 1.53. The van der Waals surface area contributed by atoms with Gasteiger partial charge in [0.05, 0.1) is 0 Å². The molecule has 0 radical (unpaired) electrons. The van der Waals surface area contributed by atoms with Gasteiger partial charge in [-0.3, -0.25) is 0 Å². The molecule has 1 aliphatic heterocycles. The first-order valence-corrected chi connectivity index (χ1v) is 18.9. The lowest BCUT2D eigenvalue weighted by molar-refractivity contribution is 0.812. The topological polar surface area (TPSA) is 0 Å². The molecule has 6 rings (SSSR count). The molecule has 0 fully saturated rings. The van der Waals surface area contributed by atoms with Crippen molar-refractivity contribution >= 4 is 46.6 Å². The van der Waals surface area contributed by atoms with Crippen LogP contribution in [-0.2, 0) is 11.5 Å². The molecule has 0 aromatic heterocycles. The Morgan fingerprint density at radius 1 is 0.522 bits per heavy atom. The predicted octanol–water partition coefficient (Wildman–Crippen LogP) is 10.8. The number of benzene rings is 5. The summed E-state index contributed by atoms with van der Waals surface area (Å²) < 4.78 is 0. The lowest BCUT2D eigenvalue weighted by atomic mass is 9.36. The van der Waals surface area contributed by atoms with Gasteiger partial charge in [0.15, 0.2) is 0 Å². The molecular weight excluding hydrogens is 591 g/mol. The van der Waals surface area contributed by atoms with Crippen molar-refractivity contribution in [3.8, 4) is 11.1 Å². The molecule has 1 heterocycles. The second kappa shape index (κ2) is 13.9. The van der Waals surface area contributed by atoms with Crippen LogP contribution in [0, 0.1) is 13.8 Å². The summed E-state index contributed by atoms with van der Waals surface area (Å²) in [5, 5.41) is 0. The van der Waals surface area contributed by atoms with Crippen molar-refractivity contribution in [2.45, 2.75) is 94.4 Å². The van der Waals surface area contributed by atoms with Gasteiger partial charge in [0.2, 0.25) is 6.71 Å². The Kier molecular flexibility index (Phi) is 9.92. The fraction of sp³-hybridized carbons (Fsp3) is 0.302. The Labute approximate surface area is 286 Å². The summed E-state index contributed by atoms with van der Waals surface area (Å²) in [6, 6.07) is 36.9. The number of rotatable bonds is 10. The van der Waals surface area contributed by atoms with Crippen molar-refractivity contribution in [2.75, 3.05) is 0 Å². The van der Waals surface area contributed by atoms with Gasteiger partial charge >= 0.3 is 0 Å². The highest BCUT2D eigenvalue weighted by Crippen LogP contribution is 2.37. The fourth-order valence-corrected chi connectivity index (χ4v) is 8.97. The number of hydrogen-bond donors (Lipinski definition) is 0. The van der Waals surface area contributed by atoms with Crippen LogP contribution in [0.15, 0.2) is 107 Å². The van der Waals surface area contributed by atoms with Crippen LogP contribution in [0.3, 0.4) is 0 Å². The number of thioether (sulfide) groups is 2. The molecule has 0 unspecified atom stereocenters. The second-order valence-corrected chi connectivity index (χ2v) is 16.0. The molecule has 0 spiro atoms. The zero-order valence-electron chi connectivity index (χ0n) is 28.8. The van der Waals surface area contributed by atoms with Gasteiger partial charge in [0.25, 0.3) is 0 Å². The van der Waals surface area contributed by atoms with E-state index in [2.05, 4.69) is 152 Å². The van der Waals surface area contributed by atoms with E-state index in [1.807, 2.05) is 23.5 Å². The summed E-state index contributed by atoms with van der Waals surface area (Å²) in [7, 11) is 0. The minimum absolute atomic E-state index is 0.236. The summed E-state index contributed by atoms with van der Waals surface area (Å²) in [5.74, 6) is 3.36. The molecule has 0 atom stereocenters. The maximum Gasteiger partial charge on any atom is 0.243 e. The van der Waals surface area contributed by atoms with Crippen molar-refractivity contribution in [2.24, 2.45) is 0 Å². The van der Waals surface area contributed by atoms with Crippen molar-refractivity contribution in [1.82, 2.24) is 0 Å². The van der Waals surface area contributed by atoms with E-state index in [0.29, 0.717) is 17.8 Å². The van der Waals surface area contributed by atoms with E-state index in [0.717, 1.165) is 11.5 Å². The van der Waals surface area contributed by atoms with Crippen LogP contribution >= 0.6 is 23.5 Å². The first-order chi connectivity index (χ1) is 22.1. The molecule has 0 saturated heterocycles. The SMILES string of the molecule is Cc1cc2c(cc1SCc1ccccc1)-c1cc(SCc3ccccc3)c(C)cc1B2c1c(C(C)C)cc(C(C)C)cc1C(C)C. The van der Waals surface area contributed by atoms with E-state index in [1.54, 1.807) is 5.46 Å². The molecule has 0 N–H and O–H groups in total. The standard InChI is InChI=1S/C43H47BS2/c1-27(2)34-21-35(28(3)4)43(36(22-34)29(5)6)44-39-19-30(7)41(45-25-32-15-11-9-12-16-32)23-37(39)38-24-42(31(8)20-40(38)44)46-26-33-17-13-10-14-18-33/h9-24,27-29H,25-26H2,1-8H3. The van der Waals surface area contributed by atoms with Gasteiger partial charge in [-0.25, -0.2) is 0 Å². The smallest absolute Gasteiger partial charge is 0.121 e. The van der Waals surface area contributed by atoms with E-state index >= 15 is 0 Å². The Morgan fingerprint density at radius 2 is 0.935 bits per heavy atom. The monoisotopic (exact) mass is 638 g/mol. The van der Waals surface area contributed by atoms with Crippen LogP contribution in [0.25, 0.3) is 11.1 Å².